The van der Waals surface area contributed by atoms with Crippen molar-refractivity contribution in [1.29, 1.82) is 0 Å². The van der Waals surface area contributed by atoms with Crippen LogP contribution >= 0.6 is 11.6 Å². The van der Waals surface area contributed by atoms with Crippen LogP contribution in [0.1, 0.15) is 36.1 Å². The van der Waals surface area contributed by atoms with Crippen molar-refractivity contribution in [3.63, 3.8) is 0 Å². The summed E-state index contributed by atoms with van der Waals surface area (Å²) in [5.74, 6) is 0.844. The van der Waals surface area contributed by atoms with Crippen LogP contribution in [-0.4, -0.2) is 37.0 Å². The molecule has 0 amide bonds. The molecule has 1 aromatic heterocycles. The Morgan fingerprint density at radius 3 is 2.79 bits per heavy atom. The van der Waals surface area contributed by atoms with Crippen molar-refractivity contribution in [2.75, 3.05) is 19.8 Å². The van der Waals surface area contributed by atoms with Gasteiger partial charge in [0.05, 0.1) is 31.6 Å². The lowest BCUT2D eigenvalue weighted by Gasteiger charge is -2.38. The molecule has 148 valence electrons. The number of halogens is 1. The number of hydrogen-bond donors (Lipinski definition) is 0. The molecule has 1 atom stereocenters. The first kappa shape index (κ1) is 18.4. The van der Waals surface area contributed by atoms with Gasteiger partial charge in [0.15, 0.2) is 0 Å². The molecule has 1 aliphatic carbocycles. The van der Waals surface area contributed by atoms with E-state index in [0.29, 0.717) is 31.6 Å². The molecule has 28 heavy (non-hydrogen) atoms. The van der Waals surface area contributed by atoms with Gasteiger partial charge in [-0.3, -0.25) is 0 Å². The van der Waals surface area contributed by atoms with E-state index < -0.39 is 5.60 Å². The maximum Gasteiger partial charge on any atom is 0.136 e. The Labute approximate surface area is 169 Å². The minimum absolute atomic E-state index is 0.155. The second-order valence-corrected chi connectivity index (χ2v) is 8.18. The van der Waals surface area contributed by atoms with E-state index in [1.807, 2.05) is 24.3 Å². The van der Waals surface area contributed by atoms with E-state index in [1.54, 1.807) is 0 Å². The molecule has 1 saturated carbocycles. The summed E-state index contributed by atoms with van der Waals surface area (Å²) in [5.41, 5.74) is 2.76. The van der Waals surface area contributed by atoms with Crippen molar-refractivity contribution in [2.45, 2.75) is 50.1 Å². The molecule has 2 aromatic rings. The molecular formula is C22H24ClNO4. The quantitative estimate of drug-likeness (QED) is 0.707. The molecule has 0 bridgehead atoms. The third-order valence-electron chi connectivity index (χ3n) is 5.87. The summed E-state index contributed by atoms with van der Waals surface area (Å²) in [5, 5.41) is 0.446. The van der Waals surface area contributed by atoms with E-state index in [4.69, 9.17) is 30.5 Å². The van der Waals surface area contributed by atoms with Gasteiger partial charge in [-0.15, -0.1) is 0 Å². The average molecular weight is 402 g/mol. The molecular weight excluding hydrogens is 378 g/mol. The van der Waals surface area contributed by atoms with Gasteiger partial charge in [0.1, 0.15) is 22.6 Å². The molecule has 3 aliphatic rings. The Hall–Kier alpha value is -1.66. The SMILES string of the molecule is Clc1cc(O[C@H]2C[C@@H](OCc3ccccc3)C2)c2c(n1)C1(CCOC1)OCC2. The minimum atomic E-state index is -0.461. The first-order chi connectivity index (χ1) is 13.7. The number of pyridine rings is 1. The van der Waals surface area contributed by atoms with Gasteiger partial charge in [-0.05, 0) is 5.56 Å². The van der Waals surface area contributed by atoms with Crippen molar-refractivity contribution in [1.82, 2.24) is 4.98 Å². The van der Waals surface area contributed by atoms with Crippen molar-refractivity contribution >= 4 is 11.6 Å². The largest absolute Gasteiger partial charge is 0.490 e. The lowest BCUT2D eigenvalue weighted by molar-refractivity contribution is -0.0744. The van der Waals surface area contributed by atoms with Gasteiger partial charge in [-0.25, -0.2) is 4.98 Å². The Bertz CT molecular complexity index is 832. The van der Waals surface area contributed by atoms with Crippen LogP contribution in [0.2, 0.25) is 5.15 Å². The average Bonchev–Trinajstić information content (AvgIpc) is 3.14. The second kappa shape index (κ2) is 7.64. The van der Waals surface area contributed by atoms with Gasteiger partial charge in [-0.1, -0.05) is 41.9 Å². The van der Waals surface area contributed by atoms with E-state index in [0.717, 1.165) is 42.7 Å². The van der Waals surface area contributed by atoms with E-state index in [1.165, 1.54) is 5.56 Å². The number of nitrogens with zero attached hydrogens (tertiary/aromatic N) is 1. The highest BCUT2D eigenvalue weighted by atomic mass is 35.5. The van der Waals surface area contributed by atoms with Crippen molar-refractivity contribution in [2.24, 2.45) is 0 Å². The summed E-state index contributed by atoms with van der Waals surface area (Å²) in [6, 6.07) is 12.1. The number of hydrogen-bond acceptors (Lipinski definition) is 5. The third kappa shape index (κ3) is 3.52. The maximum absolute atomic E-state index is 6.32. The fourth-order valence-electron chi connectivity index (χ4n) is 4.22. The zero-order valence-corrected chi connectivity index (χ0v) is 16.5. The number of fused-ring (bicyclic) bond motifs is 2. The predicted octanol–water partition coefficient (Wildman–Crippen LogP) is 4.05. The van der Waals surface area contributed by atoms with Gasteiger partial charge in [0, 0.05) is 43.9 Å². The van der Waals surface area contributed by atoms with Crippen LogP contribution in [0.5, 0.6) is 5.75 Å². The molecule has 2 aliphatic heterocycles. The molecule has 1 saturated heterocycles. The Balaban J connectivity index is 1.24. The monoisotopic (exact) mass is 401 g/mol. The van der Waals surface area contributed by atoms with Gasteiger partial charge in [0.25, 0.3) is 0 Å². The van der Waals surface area contributed by atoms with E-state index in [2.05, 4.69) is 17.1 Å². The number of ether oxygens (including phenoxy) is 4. The minimum Gasteiger partial charge on any atom is -0.490 e. The lowest BCUT2D eigenvalue weighted by Crippen LogP contribution is -2.41. The van der Waals surface area contributed by atoms with Crippen molar-refractivity contribution in [3.8, 4) is 5.75 Å². The standard InChI is InChI=1S/C22H24ClNO4/c23-20-12-19(18-6-8-27-22(21(18)24-20)7-9-25-14-22)28-17-10-16(11-17)26-13-15-4-2-1-3-5-15/h1-5,12,16-17H,6-11,13-14H2/t16-,17+,22?. The van der Waals surface area contributed by atoms with Crippen molar-refractivity contribution < 1.29 is 18.9 Å². The summed E-state index contributed by atoms with van der Waals surface area (Å²) in [7, 11) is 0. The Morgan fingerprint density at radius 2 is 2.00 bits per heavy atom. The van der Waals surface area contributed by atoms with Gasteiger partial charge in [0.2, 0.25) is 0 Å². The zero-order chi connectivity index (χ0) is 19.0. The molecule has 6 heteroatoms. The Morgan fingerprint density at radius 1 is 1.14 bits per heavy atom. The maximum atomic E-state index is 6.32. The van der Waals surface area contributed by atoms with E-state index >= 15 is 0 Å². The predicted molar refractivity (Wildman–Crippen MR) is 105 cm³/mol. The molecule has 0 radical (unpaired) electrons. The highest BCUT2D eigenvalue weighted by Gasteiger charge is 2.44. The first-order valence-corrected chi connectivity index (χ1v) is 10.3. The van der Waals surface area contributed by atoms with Crippen LogP contribution in [0.4, 0.5) is 0 Å². The molecule has 1 aromatic carbocycles. The highest BCUT2D eigenvalue weighted by molar-refractivity contribution is 6.29. The fraction of sp³-hybridized carbons (Fsp3) is 0.500. The summed E-state index contributed by atoms with van der Waals surface area (Å²) in [6.45, 7) is 2.52. The Kier molecular flexibility index (Phi) is 5.01. The van der Waals surface area contributed by atoms with E-state index in [9.17, 15) is 0 Å². The van der Waals surface area contributed by atoms with Crippen molar-refractivity contribution in [3.05, 3.63) is 58.4 Å². The summed E-state index contributed by atoms with van der Waals surface area (Å²) in [4.78, 5) is 4.59. The molecule has 1 unspecified atom stereocenters. The van der Waals surface area contributed by atoms with Crippen LogP contribution in [-0.2, 0) is 32.8 Å². The summed E-state index contributed by atoms with van der Waals surface area (Å²) >= 11 is 6.32. The first-order valence-electron chi connectivity index (χ1n) is 9.96. The molecule has 0 N–H and O–H groups in total. The van der Waals surface area contributed by atoms with Crippen LogP contribution < -0.4 is 4.74 Å². The molecule has 5 nitrogen and oxygen atoms in total. The van der Waals surface area contributed by atoms with E-state index in [-0.39, 0.29) is 12.2 Å². The highest BCUT2D eigenvalue weighted by Crippen LogP contribution is 2.43. The number of aromatic nitrogens is 1. The number of rotatable bonds is 5. The lowest BCUT2D eigenvalue weighted by atomic mass is 9.89. The smallest absolute Gasteiger partial charge is 0.136 e. The third-order valence-corrected chi connectivity index (χ3v) is 6.07. The molecule has 3 heterocycles. The second-order valence-electron chi connectivity index (χ2n) is 7.80. The normalized spacial score (nSPS) is 28.8. The van der Waals surface area contributed by atoms with Crippen LogP contribution in [0.15, 0.2) is 36.4 Å². The van der Waals surface area contributed by atoms with Gasteiger partial charge >= 0.3 is 0 Å². The number of benzene rings is 1. The molecule has 5 rings (SSSR count). The van der Waals surface area contributed by atoms with Gasteiger partial charge < -0.3 is 18.9 Å². The van der Waals surface area contributed by atoms with Gasteiger partial charge in [-0.2, -0.15) is 0 Å². The van der Waals surface area contributed by atoms with Crippen LogP contribution in [0.25, 0.3) is 0 Å². The summed E-state index contributed by atoms with van der Waals surface area (Å²) in [6.07, 6.45) is 3.79. The molecule has 1 spiro atoms. The fourth-order valence-corrected chi connectivity index (χ4v) is 4.41. The zero-order valence-electron chi connectivity index (χ0n) is 15.7. The van der Waals surface area contributed by atoms with Crippen LogP contribution in [0, 0.1) is 0 Å². The van der Waals surface area contributed by atoms with Crippen LogP contribution in [0.3, 0.4) is 0 Å². The summed E-state index contributed by atoms with van der Waals surface area (Å²) < 4.78 is 24.0. The topological polar surface area (TPSA) is 49.8 Å². The molecule has 2 fully saturated rings.